The van der Waals surface area contributed by atoms with Crippen molar-refractivity contribution in [2.45, 2.75) is 45.4 Å². The largest absolute Gasteiger partial charge is 0.469 e. The quantitative estimate of drug-likeness (QED) is 0.564. The van der Waals surface area contributed by atoms with E-state index in [9.17, 15) is 14.4 Å². The number of rotatable bonds is 7. The van der Waals surface area contributed by atoms with E-state index in [0.717, 1.165) is 19.3 Å². The second-order valence-corrected chi connectivity index (χ2v) is 5.47. The number of methoxy groups -OCH3 is 1. The van der Waals surface area contributed by atoms with Crippen LogP contribution in [0.3, 0.4) is 0 Å². The molecule has 1 fully saturated rings. The maximum Gasteiger partial charge on any atom is 0.308 e. The molecule has 0 radical (unpaired) electrons. The highest BCUT2D eigenvalue weighted by Gasteiger charge is 2.27. The Morgan fingerprint density at radius 2 is 1.81 bits per heavy atom. The summed E-state index contributed by atoms with van der Waals surface area (Å²) in [5, 5.41) is 2.74. The van der Waals surface area contributed by atoms with Crippen LogP contribution in [0.2, 0.25) is 0 Å². The highest BCUT2D eigenvalue weighted by molar-refractivity contribution is 5.77. The number of nitrogens with one attached hydrogen (secondary N) is 1. The van der Waals surface area contributed by atoms with Crippen molar-refractivity contribution >= 4 is 17.8 Å². The van der Waals surface area contributed by atoms with Crippen LogP contribution in [0.15, 0.2) is 0 Å². The van der Waals surface area contributed by atoms with Crippen LogP contribution in [-0.2, 0) is 19.1 Å². The molecule has 0 atom stereocenters. The Labute approximate surface area is 126 Å². The van der Waals surface area contributed by atoms with E-state index in [2.05, 4.69) is 5.32 Å². The fourth-order valence-electron chi connectivity index (χ4n) is 2.53. The lowest BCUT2D eigenvalue weighted by molar-refractivity contribution is -0.148. The normalized spacial score (nSPS) is 15.6. The van der Waals surface area contributed by atoms with E-state index in [-0.39, 0.29) is 23.7 Å². The van der Waals surface area contributed by atoms with E-state index >= 15 is 0 Å². The van der Waals surface area contributed by atoms with Crippen molar-refractivity contribution in [3.8, 4) is 0 Å². The number of carbonyl (C=O) groups is 3. The van der Waals surface area contributed by atoms with Crippen LogP contribution in [0.4, 0.5) is 0 Å². The number of hydrogen-bond acceptors (Lipinski definition) is 4. The zero-order valence-electron chi connectivity index (χ0n) is 13.0. The van der Waals surface area contributed by atoms with E-state index in [0.29, 0.717) is 38.9 Å². The van der Waals surface area contributed by atoms with Gasteiger partial charge in [0.05, 0.1) is 13.0 Å². The summed E-state index contributed by atoms with van der Waals surface area (Å²) in [5.74, 6) is -0.0748. The predicted molar refractivity (Wildman–Crippen MR) is 78.5 cm³/mol. The van der Waals surface area contributed by atoms with Crippen molar-refractivity contribution in [2.75, 3.05) is 26.7 Å². The predicted octanol–water partition coefficient (Wildman–Crippen LogP) is 1.09. The molecule has 6 nitrogen and oxygen atoms in total. The third-order valence-electron chi connectivity index (χ3n) is 3.82. The lowest BCUT2D eigenvalue weighted by Crippen LogP contribution is -2.40. The molecular weight excluding hydrogens is 272 g/mol. The van der Waals surface area contributed by atoms with Gasteiger partial charge in [-0.2, -0.15) is 0 Å². The smallest absolute Gasteiger partial charge is 0.308 e. The molecule has 6 heteroatoms. The summed E-state index contributed by atoms with van der Waals surface area (Å²) in [7, 11) is 1.40. The topological polar surface area (TPSA) is 75.7 Å². The summed E-state index contributed by atoms with van der Waals surface area (Å²) < 4.78 is 4.73. The number of unbranched alkanes of at least 4 members (excludes halogenated alkanes) is 2. The van der Waals surface area contributed by atoms with Gasteiger partial charge in [0.2, 0.25) is 11.8 Å². The Morgan fingerprint density at radius 1 is 1.14 bits per heavy atom. The van der Waals surface area contributed by atoms with Crippen molar-refractivity contribution in [3.05, 3.63) is 0 Å². The molecule has 120 valence electrons. The highest BCUT2D eigenvalue weighted by atomic mass is 16.5. The average molecular weight is 298 g/mol. The molecule has 0 bridgehead atoms. The number of ether oxygens (including phenoxy) is 1. The van der Waals surface area contributed by atoms with Gasteiger partial charge in [0.1, 0.15) is 0 Å². The molecule has 0 spiro atoms. The molecule has 1 aliphatic rings. The zero-order chi connectivity index (χ0) is 15.7. The van der Waals surface area contributed by atoms with Crippen LogP contribution < -0.4 is 5.32 Å². The van der Waals surface area contributed by atoms with E-state index in [4.69, 9.17) is 4.74 Å². The molecule has 0 aliphatic carbocycles. The van der Waals surface area contributed by atoms with E-state index in [1.807, 2.05) is 4.90 Å². The molecule has 1 rings (SSSR count). The minimum absolute atomic E-state index is 0.0143. The first kappa shape index (κ1) is 17.5. The van der Waals surface area contributed by atoms with Gasteiger partial charge in [-0.25, -0.2) is 0 Å². The lowest BCUT2D eigenvalue weighted by atomic mass is 9.96. The molecule has 1 aliphatic heterocycles. The van der Waals surface area contributed by atoms with Gasteiger partial charge in [-0.05, 0) is 25.7 Å². The Balaban J connectivity index is 2.11. The Morgan fingerprint density at radius 3 is 2.38 bits per heavy atom. The number of likely N-dealkylation sites (tertiary alicyclic amines) is 1. The summed E-state index contributed by atoms with van der Waals surface area (Å²) in [5.41, 5.74) is 0. The van der Waals surface area contributed by atoms with Crippen molar-refractivity contribution in [3.63, 3.8) is 0 Å². The van der Waals surface area contributed by atoms with Crippen molar-refractivity contribution in [1.82, 2.24) is 10.2 Å². The van der Waals surface area contributed by atoms with Gasteiger partial charge >= 0.3 is 5.97 Å². The number of carbonyl (C=O) groups excluding carboxylic acids is 3. The summed E-state index contributed by atoms with van der Waals surface area (Å²) in [6.07, 6.45) is 4.61. The Bertz CT molecular complexity index is 363. The van der Waals surface area contributed by atoms with Crippen molar-refractivity contribution in [2.24, 2.45) is 5.92 Å². The molecule has 1 heterocycles. The first-order chi connectivity index (χ1) is 10.0. The molecule has 0 saturated carbocycles. The van der Waals surface area contributed by atoms with Crippen LogP contribution >= 0.6 is 0 Å². The molecule has 21 heavy (non-hydrogen) atoms. The summed E-state index contributed by atoms with van der Waals surface area (Å²) >= 11 is 0. The van der Waals surface area contributed by atoms with Crippen LogP contribution in [0.5, 0.6) is 0 Å². The minimum atomic E-state index is -0.167. The van der Waals surface area contributed by atoms with Crippen LogP contribution in [0, 0.1) is 5.92 Å². The number of hydrogen-bond donors (Lipinski definition) is 1. The van der Waals surface area contributed by atoms with Gasteiger partial charge in [-0.3, -0.25) is 14.4 Å². The first-order valence-electron chi connectivity index (χ1n) is 7.64. The second-order valence-electron chi connectivity index (χ2n) is 5.47. The molecule has 1 saturated heterocycles. The molecule has 2 amide bonds. The molecule has 0 aromatic heterocycles. The Kier molecular flexibility index (Phi) is 7.79. The third-order valence-corrected chi connectivity index (χ3v) is 3.82. The van der Waals surface area contributed by atoms with E-state index < -0.39 is 0 Å². The minimum Gasteiger partial charge on any atom is -0.469 e. The maximum absolute atomic E-state index is 12.0. The van der Waals surface area contributed by atoms with Gasteiger partial charge in [-0.15, -0.1) is 0 Å². The van der Waals surface area contributed by atoms with Gasteiger partial charge in [0, 0.05) is 33.0 Å². The molecule has 0 aromatic rings. The fourth-order valence-corrected chi connectivity index (χ4v) is 2.53. The van der Waals surface area contributed by atoms with E-state index in [1.54, 1.807) is 0 Å². The summed E-state index contributed by atoms with van der Waals surface area (Å²) in [4.78, 5) is 36.0. The van der Waals surface area contributed by atoms with Gasteiger partial charge < -0.3 is 15.0 Å². The Hall–Kier alpha value is -1.59. The summed E-state index contributed by atoms with van der Waals surface area (Å²) in [6.45, 7) is 3.46. The lowest BCUT2D eigenvalue weighted by Gasteiger charge is -2.30. The standard InChI is InChI=1S/C15H26N2O4/c1-12(18)16-9-5-3-4-6-14(19)17-10-7-13(8-11-17)15(20)21-2/h13H,3-11H2,1-2H3,(H,16,18). The monoisotopic (exact) mass is 298 g/mol. The third kappa shape index (κ3) is 6.60. The van der Waals surface area contributed by atoms with E-state index in [1.165, 1.54) is 14.0 Å². The van der Waals surface area contributed by atoms with Crippen LogP contribution in [0.25, 0.3) is 0 Å². The van der Waals surface area contributed by atoms with Crippen molar-refractivity contribution in [1.29, 1.82) is 0 Å². The molecule has 0 aromatic carbocycles. The first-order valence-corrected chi connectivity index (χ1v) is 7.64. The van der Waals surface area contributed by atoms with Crippen LogP contribution in [0.1, 0.15) is 45.4 Å². The van der Waals surface area contributed by atoms with Gasteiger partial charge in [-0.1, -0.05) is 6.42 Å². The SMILES string of the molecule is COC(=O)C1CCN(C(=O)CCCCCNC(C)=O)CC1. The number of nitrogens with zero attached hydrogens (tertiary/aromatic N) is 1. The van der Waals surface area contributed by atoms with Gasteiger partial charge in [0.25, 0.3) is 0 Å². The zero-order valence-corrected chi connectivity index (χ0v) is 13.0. The van der Waals surface area contributed by atoms with Crippen LogP contribution in [-0.4, -0.2) is 49.4 Å². The summed E-state index contributed by atoms with van der Waals surface area (Å²) in [6, 6.07) is 0. The van der Waals surface area contributed by atoms with Gasteiger partial charge in [0.15, 0.2) is 0 Å². The van der Waals surface area contributed by atoms with Crippen molar-refractivity contribution < 1.29 is 19.1 Å². The highest BCUT2D eigenvalue weighted by Crippen LogP contribution is 2.19. The average Bonchev–Trinajstić information content (AvgIpc) is 2.49. The molecular formula is C15H26N2O4. The molecule has 0 unspecified atom stereocenters. The number of piperidine rings is 1. The second kappa shape index (κ2) is 9.37. The maximum atomic E-state index is 12.0. The number of amides is 2. The molecule has 1 N–H and O–H groups in total. The fraction of sp³-hybridized carbons (Fsp3) is 0.800. The number of esters is 1.